The predicted molar refractivity (Wildman–Crippen MR) is 55.3 cm³/mol. The fraction of sp³-hybridized carbons (Fsp3) is 0.750. The van der Waals surface area contributed by atoms with Crippen LogP contribution < -0.4 is 0 Å². The lowest BCUT2D eigenvalue weighted by atomic mass is 9.94. The average Bonchev–Trinajstić information content (AvgIpc) is 2.88. The Kier molecular flexibility index (Phi) is 2.13. The summed E-state index contributed by atoms with van der Waals surface area (Å²) in [6.45, 7) is 1.77. The van der Waals surface area contributed by atoms with E-state index < -0.39 is 5.97 Å². The molecule has 0 unspecified atom stereocenters. The van der Waals surface area contributed by atoms with Crippen LogP contribution in [0.15, 0.2) is 11.5 Å². The van der Waals surface area contributed by atoms with Crippen molar-refractivity contribution in [2.24, 2.45) is 11.8 Å². The van der Waals surface area contributed by atoms with E-state index in [1.54, 1.807) is 6.92 Å². The van der Waals surface area contributed by atoms with Gasteiger partial charge in [0.05, 0.1) is 7.11 Å². The molecule has 1 heterocycles. The molecule has 0 saturated heterocycles. The van der Waals surface area contributed by atoms with Crippen molar-refractivity contribution in [3.8, 4) is 0 Å². The number of rotatable bonds is 1. The molecule has 0 aromatic carbocycles. The van der Waals surface area contributed by atoms with Gasteiger partial charge in [-0.3, -0.25) is 0 Å². The molecule has 0 N–H and O–H groups in total. The number of hydrogen-bond donors (Lipinski definition) is 0. The van der Waals surface area contributed by atoms with Crippen molar-refractivity contribution in [1.82, 2.24) is 0 Å². The molecule has 3 aliphatic rings. The predicted octanol–water partition coefficient (Wildman–Crippen LogP) is 1.60. The standard InChI is InChI=1S/C12H16O4/c1-6-9(12(13)14-2)16-11-8-4-3-7(5-8)10(11)15-6/h7-8,10-11H,3-5H2,1-2H3/t7-,8+,10+,11-/m1/s1. The Morgan fingerprint density at radius 3 is 2.50 bits per heavy atom. The van der Waals surface area contributed by atoms with E-state index in [0.29, 0.717) is 17.6 Å². The number of carbonyl (C=O) groups is 1. The van der Waals surface area contributed by atoms with E-state index in [1.165, 1.54) is 26.4 Å². The molecule has 4 nitrogen and oxygen atoms in total. The van der Waals surface area contributed by atoms with Crippen LogP contribution >= 0.6 is 0 Å². The zero-order chi connectivity index (χ0) is 11.3. The average molecular weight is 224 g/mol. The molecular formula is C12H16O4. The minimum Gasteiger partial charge on any atom is -0.487 e. The third-order valence-electron chi connectivity index (χ3n) is 4.02. The monoisotopic (exact) mass is 224 g/mol. The van der Waals surface area contributed by atoms with Gasteiger partial charge in [0.25, 0.3) is 0 Å². The second-order valence-corrected chi connectivity index (χ2v) is 4.88. The summed E-state index contributed by atoms with van der Waals surface area (Å²) in [5.41, 5.74) is 0. The second kappa shape index (κ2) is 3.40. The Labute approximate surface area is 94.5 Å². The van der Waals surface area contributed by atoms with Gasteiger partial charge in [-0.15, -0.1) is 0 Å². The number of fused-ring (bicyclic) bond motifs is 5. The van der Waals surface area contributed by atoms with Crippen LogP contribution in [0.25, 0.3) is 0 Å². The summed E-state index contributed by atoms with van der Waals surface area (Å²) in [5.74, 6) is 1.57. The van der Waals surface area contributed by atoms with Gasteiger partial charge in [-0.2, -0.15) is 0 Å². The highest BCUT2D eigenvalue weighted by Crippen LogP contribution is 2.50. The Balaban J connectivity index is 1.86. The van der Waals surface area contributed by atoms with E-state index in [2.05, 4.69) is 4.74 Å². The molecule has 0 aromatic heterocycles. The van der Waals surface area contributed by atoms with Crippen molar-refractivity contribution >= 4 is 5.97 Å². The molecule has 0 amide bonds. The Hall–Kier alpha value is -1.19. The maximum Gasteiger partial charge on any atom is 0.376 e. The van der Waals surface area contributed by atoms with Crippen LogP contribution in [-0.2, 0) is 19.0 Å². The third-order valence-corrected chi connectivity index (χ3v) is 4.02. The first-order chi connectivity index (χ1) is 7.70. The van der Waals surface area contributed by atoms with Gasteiger partial charge in [0.2, 0.25) is 5.76 Å². The second-order valence-electron chi connectivity index (χ2n) is 4.88. The number of esters is 1. The van der Waals surface area contributed by atoms with Gasteiger partial charge < -0.3 is 14.2 Å². The highest BCUT2D eigenvalue weighted by atomic mass is 16.6. The minimum absolute atomic E-state index is 0.0662. The number of carbonyl (C=O) groups excluding carboxylic acids is 1. The Morgan fingerprint density at radius 1 is 1.25 bits per heavy atom. The lowest BCUT2D eigenvalue weighted by Crippen LogP contribution is -2.41. The van der Waals surface area contributed by atoms with Gasteiger partial charge in [-0.05, 0) is 38.0 Å². The normalized spacial score (nSPS) is 40.1. The molecule has 2 saturated carbocycles. The van der Waals surface area contributed by atoms with Crippen LogP contribution in [0, 0.1) is 11.8 Å². The summed E-state index contributed by atoms with van der Waals surface area (Å²) in [4.78, 5) is 11.5. The maximum atomic E-state index is 11.5. The van der Waals surface area contributed by atoms with Crippen LogP contribution in [0.3, 0.4) is 0 Å². The van der Waals surface area contributed by atoms with Gasteiger partial charge in [-0.1, -0.05) is 0 Å². The summed E-state index contributed by atoms with van der Waals surface area (Å²) in [6.07, 6.45) is 3.83. The van der Waals surface area contributed by atoms with E-state index >= 15 is 0 Å². The highest BCUT2D eigenvalue weighted by molar-refractivity contribution is 5.86. The number of allylic oxidation sites excluding steroid dienone is 1. The van der Waals surface area contributed by atoms with Crippen molar-refractivity contribution in [1.29, 1.82) is 0 Å². The van der Waals surface area contributed by atoms with Crippen LogP contribution in [0.2, 0.25) is 0 Å². The van der Waals surface area contributed by atoms with Crippen LogP contribution in [0.1, 0.15) is 26.2 Å². The van der Waals surface area contributed by atoms with Gasteiger partial charge in [0.1, 0.15) is 18.0 Å². The van der Waals surface area contributed by atoms with Gasteiger partial charge >= 0.3 is 5.97 Å². The van der Waals surface area contributed by atoms with Gasteiger partial charge in [0, 0.05) is 0 Å². The molecule has 0 radical (unpaired) electrons. The Bertz CT molecular complexity index is 360. The molecular weight excluding hydrogens is 208 g/mol. The molecule has 2 fully saturated rings. The summed E-state index contributed by atoms with van der Waals surface area (Å²) < 4.78 is 16.3. The Morgan fingerprint density at radius 2 is 1.88 bits per heavy atom. The number of hydrogen-bond acceptors (Lipinski definition) is 4. The molecule has 3 rings (SSSR count). The number of methoxy groups -OCH3 is 1. The molecule has 4 heteroatoms. The molecule has 88 valence electrons. The SMILES string of the molecule is COC(=O)C1=C(C)O[C@H]2[C@@H]3CC[C@@H](C3)[C@H]2O1. The fourth-order valence-electron chi connectivity index (χ4n) is 3.27. The maximum absolute atomic E-state index is 11.5. The zero-order valence-corrected chi connectivity index (χ0v) is 9.56. The molecule has 1 aliphatic heterocycles. The third kappa shape index (κ3) is 1.25. The van der Waals surface area contributed by atoms with E-state index in [1.807, 2.05) is 0 Å². The van der Waals surface area contributed by atoms with E-state index in [9.17, 15) is 4.79 Å². The van der Waals surface area contributed by atoms with E-state index in [-0.39, 0.29) is 18.0 Å². The molecule has 2 aliphatic carbocycles. The van der Waals surface area contributed by atoms with Crippen molar-refractivity contribution in [3.63, 3.8) is 0 Å². The smallest absolute Gasteiger partial charge is 0.376 e. The summed E-state index contributed by atoms with van der Waals surface area (Å²) >= 11 is 0. The van der Waals surface area contributed by atoms with Crippen molar-refractivity contribution in [3.05, 3.63) is 11.5 Å². The van der Waals surface area contributed by atoms with Crippen molar-refractivity contribution in [2.45, 2.75) is 38.4 Å². The van der Waals surface area contributed by atoms with Crippen LogP contribution in [-0.4, -0.2) is 25.3 Å². The number of ether oxygens (including phenoxy) is 3. The molecule has 16 heavy (non-hydrogen) atoms. The first-order valence-corrected chi connectivity index (χ1v) is 5.83. The lowest BCUT2D eigenvalue weighted by Gasteiger charge is -2.36. The fourth-order valence-corrected chi connectivity index (χ4v) is 3.27. The highest BCUT2D eigenvalue weighted by Gasteiger charge is 2.53. The van der Waals surface area contributed by atoms with Gasteiger partial charge in [-0.25, -0.2) is 4.79 Å². The van der Waals surface area contributed by atoms with E-state index in [0.717, 1.165) is 0 Å². The summed E-state index contributed by atoms with van der Waals surface area (Å²) in [7, 11) is 1.36. The molecule has 0 aromatic rings. The van der Waals surface area contributed by atoms with Crippen molar-refractivity contribution in [2.75, 3.05) is 7.11 Å². The van der Waals surface area contributed by atoms with Crippen LogP contribution in [0.5, 0.6) is 0 Å². The molecule has 2 bridgehead atoms. The molecule has 0 spiro atoms. The zero-order valence-electron chi connectivity index (χ0n) is 9.56. The topological polar surface area (TPSA) is 44.8 Å². The lowest BCUT2D eigenvalue weighted by molar-refractivity contribution is -0.150. The van der Waals surface area contributed by atoms with E-state index in [4.69, 9.17) is 9.47 Å². The van der Waals surface area contributed by atoms with Crippen molar-refractivity contribution < 1.29 is 19.0 Å². The van der Waals surface area contributed by atoms with Crippen LogP contribution in [0.4, 0.5) is 0 Å². The summed E-state index contributed by atoms with van der Waals surface area (Å²) in [5, 5.41) is 0. The molecule has 4 atom stereocenters. The first-order valence-electron chi connectivity index (χ1n) is 5.83. The quantitative estimate of drug-likeness (QED) is 0.635. The largest absolute Gasteiger partial charge is 0.487 e. The van der Waals surface area contributed by atoms with Gasteiger partial charge in [0.15, 0.2) is 0 Å². The summed E-state index contributed by atoms with van der Waals surface area (Å²) in [6, 6.07) is 0. The first kappa shape index (κ1) is 10.00. The minimum atomic E-state index is -0.432.